The van der Waals surface area contributed by atoms with Gasteiger partial charge in [-0.15, -0.1) is 0 Å². The highest BCUT2D eigenvalue weighted by molar-refractivity contribution is 6.28. The van der Waals surface area contributed by atoms with E-state index in [1.807, 2.05) is 71.4 Å². The smallest absolute Gasteiger partial charge is 0.249 e. The van der Waals surface area contributed by atoms with E-state index in [1.54, 1.807) is 18.3 Å². The molecule has 0 atom stereocenters. The van der Waals surface area contributed by atoms with Crippen molar-refractivity contribution in [2.24, 2.45) is 5.73 Å². The summed E-state index contributed by atoms with van der Waals surface area (Å²) in [5, 5.41) is 4.97. The largest absolute Gasteiger partial charge is 0.366 e. The minimum absolute atomic E-state index is 0.169. The summed E-state index contributed by atoms with van der Waals surface area (Å²) < 4.78 is 1.81. The third-order valence-corrected chi connectivity index (χ3v) is 5.24. The molecule has 2 aromatic carbocycles. The molecular weight excluding hydrogens is 410 g/mol. The molecule has 31 heavy (non-hydrogen) atoms. The second-order valence-electron chi connectivity index (χ2n) is 6.96. The van der Waals surface area contributed by atoms with Crippen molar-refractivity contribution in [2.75, 3.05) is 0 Å². The first-order valence-electron chi connectivity index (χ1n) is 9.58. The van der Waals surface area contributed by atoms with E-state index in [-0.39, 0.29) is 5.28 Å². The van der Waals surface area contributed by atoms with Crippen LogP contribution < -0.4 is 5.73 Å². The minimum atomic E-state index is -0.468. The van der Waals surface area contributed by atoms with Gasteiger partial charge in [-0.25, -0.2) is 14.5 Å². The summed E-state index contributed by atoms with van der Waals surface area (Å²) in [5.74, 6) is -0.468. The van der Waals surface area contributed by atoms with Crippen LogP contribution >= 0.6 is 11.6 Å². The van der Waals surface area contributed by atoms with Crippen molar-refractivity contribution in [2.45, 2.75) is 0 Å². The van der Waals surface area contributed by atoms with Crippen molar-refractivity contribution in [1.82, 2.24) is 19.6 Å². The summed E-state index contributed by atoms with van der Waals surface area (Å²) in [6, 6.07) is 22.8. The van der Waals surface area contributed by atoms with Gasteiger partial charge in [0.05, 0.1) is 16.8 Å². The summed E-state index contributed by atoms with van der Waals surface area (Å²) in [6.45, 7) is 0. The Balaban J connectivity index is 1.74. The first kappa shape index (κ1) is 19.0. The lowest BCUT2D eigenvalue weighted by Crippen LogP contribution is -2.12. The van der Waals surface area contributed by atoms with Crippen molar-refractivity contribution in [3.05, 3.63) is 96.0 Å². The number of halogens is 1. The fraction of sp³-hybridized carbons (Fsp3) is 0. The molecule has 0 bridgehead atoms. The molecule has 0 aliphatic carbocycles. The predicted molar refractivity (Wildman–Crippen MR) is 121 cm³/mol. The molecule has 0 radical (unpaired) electrons. The number of aromatic nitrogens is 4. The van der Waals surface area contributed by atoms with Gasteiger partial charge in [0, 0.05) is 23.5 Å². The molecule has 7 heteroatoms. The molecular formula is C24H16ClN5O. The van der Waals surface area contributed by atoms with Gasteiger partial charge in [0.2, 0.25) is 11.2 Å². The highest BCUT2D eigenvalue weighted by Crippen LogP contribution is 2.36. The van der Waals surface area contributed by atoms with Crippen molar-refractivity contribution >= 4 is 23.0 Å². The summed E-state index contributed by atoms with van der Waals surface area (Å²) in [4.78, 5) is 20.3. The number of nitrogens with zero attached hydrogens (tertiary/aromatic N) is 4. The molecule has 2 N–H and O–H groups in total. The second-order valence-corrected chi connectivity index (χ2v) is 7.29. The van der Waals surface area contributed by atoms with Crippen LogP contribution in [0.4, 0.5) is 0 Å². The maximum atomic E-state index is 11.9. The lowest BCUT2D eigenvalue weighted by atomic mass is 9.95. The Kier molecular flexibility index (Phi) is 4.69. The van der Waals surface area contributed by atoms with Gasteiger partial charge >= 0.3 is 0 Å². The quantitative estimate of drug-likeness (QED) is 0.416. The Labute approximate surface area is 183 Å². The minimum Gasteiger partial charge on any atom is -0.366 e. The van der Waals surface area contributed by atoms with Gasteiger partial charge in [-0.3, -0.25) is 4.79 Å². The van der Waals surface area contributed by atoms with E-state index in [4.69, 9.17) is 22.4 Å². The first-order valence-corrected chi connectivity index (χ1v) is 9.95. The number of amides is 1. The highest BCUT2D eigenvalue weighted by atomic mass is 35.5. The van der Waals surface area contributed by atoms with Crippen LogP contribution in [0.15, 0.2) is 85.2 Å². The van der Waals surface area contributed by atoms with E-state index in [9.17, 15) is 4.79 Å². The molecule has 0 unspecified atom stereocenters. The molecule has 0 fully saturated rings. The first-order chi connectivity index (χ1) is 15.1. The fourth-order valence-electron chi connectivity index (χ4n) is 3.71. The number of carbonyl (C=O) groups is 1. The van der Waals surface area contributed by atoms with Gasteiger partial charge in [0.1, 0.15) is 5.69 Å². The van der Waals surface area contributed by atoms with Crippen LogP contribution in [0, 0.1) is 0 Å². The molecule has 6 nitrogen and oxygen atoms in total. The molecule has 0 aliphatic rings. The lowest BCUT2D eigenvalue weighted by Gasteiger charge is -2.09. The molecule has 3 heterocycles. The number of primary amides is 1. The fourth-order valence-corrected chi connectivity index (χ4v) is 3.86. The molecule has 5 aromatic rings. The average Bonchev–Trinajstić information content (AvgIpc) is 3.19. The van der Waals surface area contributed by atoms with Crippen molar-refractivity contribution in [3.63, 3.8) is 0 Å². The van der Waals surface area contributed by atoms with Crippen LogP contribution in [-0.2, 0) is 0 Å². The molecule has 5 rings (SSSR count). The van der Waals surface area contributed by atoms with Gasteiger partial charge < -0.3 is 5.73 Å². The van der Waals surface area contributed by atoms with Crippen molar-refractivity contribution in [3.8, 4) is 33.6 Å². The number of hydrogen-bond acceptors (Lipinski definition) is 4. The Bertz CT molecular complexity index is 1440. The summed E-state index contributed by atoms with van der Waals surface area (Å²) in [5.41, 5.74) is 11.8. The van der Waals surface area contributed by atoms with E-state index in [0.717, 1.165) is 33.5 Å². The van der Waals surface area contributed by atoms with Gasteiger partial charge in [-0.1, -0.05) is 42.5 Å². The number of hydrogen-bond donors (Lipinski definition) is 1. The van der Waals surface area contributed by atoms with Gasteiger partial charge in [-0.2, -0.15) is 5.10 Å². The molecule has 0 aliphatic heterocycles. The van der Waals surface area contributed by atoms with Crippen LogP contribution in [-0.4, -0.2) is 25.5 Å². The van der Waals surface area contributed by atoms with Crippen molar-refractivity contribution in [1.29, 1.82) is 0 Å². The molecule has 1 amide bonds. The number of rotatable bonds is 4. The Morgan fingerprint density at radius 3 is 2.58 bits per heavy atom. The van der Waals surface area contributed by atoms with Crippen molar-refractivity contribution < 1.29 is 4.79 Å². The Hall–Kier alpha value is -4.03. The molecule has 0 saturated heterocycles. The summed E-state index contributed by atoms with van der Waals surface area (Å²) >= 11 is 6.07. The van der Waals surface area contributed by atoms with Crippen LogP contribution in [0.25, 0.3) is 39.2 Å². The zero-order chi connectivity index (χ0) is 21.4. The SMILES string of the molecule is NC(=O)c1ccccc1-c1cccc(-c2nn3ccccc3c2-c2ccnc(Cl)n2)c1. The van der Waals surface area contributed by atoms with Crippen LogP contribution in [0.3, 0.4) is 0 Å². The third kappa shape index (κ3) is 3.43. The lowest BCUT2D eigenvalue weighted by molar-refractivity contribution is 0.100. The number of carbonyl (C=O) groups excluding carboxylic acids is 1. The van der Waals surface area contributed by atoms with E-state index < -0.39 is 5.91 Å². The normalized spacial score (nSPS) is 11.0. The Morgan fingerprint density at radius 1 is 0.935 bits per heavy atom. The van der Waals surface area contributed by atoms with E-state index in [0.29, 0.717) is 11.3 Å². The maximum Gasteiger partial charge on any atom is 0.249 e. The second kappa shape index (κ2) is 7.66. The van der Waals surface area contributed by atoms with Gasteiger partial charge in [0.15, 0.2) is 0 Å². The number of benzene rings is 2. The topological polar surface area (TPSA) is 86.2 Å². The number of fused-ring (bicyclic) bond motifs is 1. The maximum absolute atomic E-state index is 11.9. The van der Waals surface area contributed by atoms with Crippen LogP contribution in [0.2, 0.25) is 5.28 Å². The predicted octanol–water partition coefficient (Wildman–Crippen LogP) is 4.88. The van der Waals surface area contributed by atoms with Crippen LogP contribution in [0.1, 0.15) is 10.4 Å². The monoisotopic (exact) mass is 425 g/mol. The number of nitrogens with two attached hydrogens (primary N) is 1. The van der Waals surface area contributed by atoms with E-state index >= 15 is 0 Å². The zero-order valence-electron chi connectivity index (χ0n) is 16.2. The molecule has 3 aromatic heterocycles. The Morgan fingerprint density at radius 2 is 1.74 bits per heavy atom. The molecule has 0 saturated carbocycles. The summed E-state index contributed by atoms with van der Waals surface area (Å²) in [6.07, 6.45) is 3.51. The van der Waals surface area contributed by atoms with E-state index in [2.05, 4.69) is 9.97 Å². The standard InChI is InChI=1S/C24H16ClN5O/c25-24-27-12-11-19(28-24)21-20-10-3-4-13-30(20)29-22(21)16-7-5-6-15(14-16)17-8-1-2-9-18(17)23(26)31/h1-14H,(H2,26,31). The van der Waals surface area contributed by atoms with Gasteiger partial charge in [0.25, 0.3) is 0 Å². The van der Waals surface area contributed by atoms with Gasteiger partial charge in [-0.05, 0) is 53.1 Å². The zero-order valence-corrected chi connectivity index (χ0v) is 17.0. The third-order valence-electron chi connectivity index (χ3n) is 5.06. The number of pyridine rings is 1. The van der Waals surface area contributed by atoms with Crippen LogP contribution in [0.5, 0.6) is 0 Å². The summed E-state index contributed by atoms with van der Waals surface area (Å²) in [7, 11) is 0. The van der Waals surface area contributed by atoms with E-state index in [1.165, 1.54) is 0 Å². The molecule has 0 spiro atoms. The average molecular weight is 426 g/mol. The molecule has 150 valence electrons. The highest BCUT2D eigenvalue weighted by Gasteiger charge is 2.19.